The zero-order chi connectivity index (χ0) is 17.0. The minimum Gasteiger partial charge on any atom is -0.497 e. The highest BCUT2D eigenvalue weighted by atomic mass is 16.6. The van der Waals surface area contributed by atoms with Gasteiger partial charge in [-0.05, 0) is 27.2 Å². The van der Waals surface area contributed by atoms with E-state index >= 15 is 0 Å². The zero-order valence-electron chi connectivity index (χ0n) is 14.5. The topological polar surface area (TPSA) is 60.0 Å². The summed E-state index contributed by atoms with van der Waals surface area (Å²) in [4.78, 5) is 13.8. The molecule has 1 aliphatic rings. The average Bonchev–Trinajstić information content (AvgIpc) is 2.93. The van der Waals surface area contributed by atoms with Crippen molar-refractivity contribution in [2.45, 2.75) is 38.8 Å². The minimum atomic E-state index is -0.469. The van der Waals surface area contributed by atoms with Gasteiger partial charge in [-0.3, -0.25) is 0 Å². The molecule has 1 atom stereocenters. The van der Waals surface area contributed by atoms with E-state index in [-0.39, 0.29) is 12.1 Å². The number of benzene rings is 1. The second-order valence-electron chi connectivity index (χ2n) is 6.66. The smallest absolute Gasteiger partial charge is 0.410 e. The van der Waals surface area contributed by atoms with Gasteiger partial charge < -0.3 is 24.4 Å². The predicted molar refractivity (Wildman–Crippen MR) is 89.4 cm³/mol. The van der Waals surface area contributed by atoms with E-state index in [4.69, 9.17) is 14.2 Å². The third kappa shape index (κ3) is 4.94. The van der Waals surface area contributed by atoms with Gasteiger partial charge in [0.2, 0.25) is 0 Å². The number of amides is 1. The van der Waals surface area contributed by atoms with Crippen LogP contribution in [0.1, 0.15) is 27.2 Å². The number of nitrogens with zero attached hydrogens (tertiary/aromatic N) is 1. The molecule has 128 valence electrons. The number of ether oxygens (including phenoxy) is 3. The van der Waals surface area contributed by atoms with Gasteiger partial charge in [0.1, 0.15) is 17.1 Å². The first-order chi connectivity index (χ1) is 10.8. The molecule has 1 fully saturated rings. The summed E-state index contributed by atoms with van der Waals surface area (Å²) >= 11 is 0. The maximum atomic E-state index is 12.1. The number of likely N-dealkylation sites (tertiary alicyclic amines) is 1. The molecule has 1 unspecified atom stereocenters. The van der Waals surface area contributed by atoms with Crippen LogP contribution in [0.2, 0.25) is 0 Å². The first kappa shape index (κ1) is 17.2. The molecule has 1 aliphatic heterocycles. The summed E-state index contributed by atoms with van der Waals surface area (Å²) in [6.45, 7) is 6.93. The highest BCUT2D eigenvalue weighted by molar-refractivity contribution is 5.68. The molecule has 1 aromatic carbocycles. The number of methoxy groups -OCH3 is 2. The van der Waals surface area contributed by atoms with Crippen molar-refractivity contribution in [3.63, 3.8) is 0 Å². The molecular weight excluding hydrogens is 296 g/mol. The van der Waals surface area contributed by atoms with Gasteiger partial charge in [0.25, 0.3) is 0 Å². The molecular formula is C17H26N2O4. The number of hydrogen-bond acceptors (Lipinski definition) is 5. The molecule has 1 saturated heterocycles. The van der Waals surface area contributed by atoms with Crippen molar-refractivity contribution in [3.8, 4) is 11.5 Å². The summed E-state index contributed by atoms with van der Waals surface area (Å²) in [5, 5.41) is 3.43. The van der Waals surface area contributed by atoms with Crippen molar-refractivity contribution in [2.75, 3.05) is 32.6 Å². The molecule has 1 amide bonds. The van der Waals surface area contributed by atoms with Crippen LogP contribution in [0.25, 0.3) is 0 Å². The van der Waals surface area contributed by atoms with E-state index in [1.54, 1.807) is 19.1 Å². The largest absolute Gasteiger partial charge is 0.497 e. The van der Waals surface area contributed by atoms with Crippen LogP contribution in [0.3, 0.4) is 0 Å². The Morgan fingerprint density at radius 3 is 2.30 bits per heavy atom. The maximum absolute atomic E-state index is 12.1. The second kappa shape index (κ2) is 6.98. The van der Waals surface area contributed by atoms with Gasteiger partial charge in [0.15, 0.2) is 0 Å². The van der Waals surface area contributed by atoms with Gasteiger partial charge in [0, 0.05) is 43.0 Å². The van der Waals surface area contributed by atoms with E-state index in [2.05, 4.69) is 5.32 Å². The number of hydrogen-bond donors (Lipinski definition) is 1. The Hall–Kier alpha value is -2.11. The fourth-order valence-corrected chi connectivity index (χ4v) is 2.50. The Labute approximate surface area is 137 Å². The molecule has 0 bridgehead atoms. The minimum absolute atomic E-state index is 0.180. The van der Waals surface area contributed by atoms with E-state index in [9.17, 15) is 4.79 Å². The third-order valence-corrected chi connectivity index (χ3v) is 3.56. The Morgan fingerprint density at radius 1 is 1.17 bits per heavy atom. The lowest BCUT2D eigenvalue weighted by molar-refractivity contribution is 0.0293. The van der Waals surface area contributed by atoms with Crippen molar-refractivity contribution in [2.24, 2.45) is 0 Å². The summed E-state index contributed by atoms with van der Waals surface area (Å²) in [6, 6.07) is 5.84. The SMILES string of the molecule is COc1cc(NC2CCN(C(=O)OC(C)(C)C)C2)cc(OC)c1. The summed E-state index contributed by atoms with van der Waals surface area (Å²) in [6.07, 6.45) is 0.615. The first-order valence-electron chi connectivity index (χ1n) is 7.78. The highest BCUT2D eigenvalue weighted by Crippen LogP contribution is 2.27. The van der Waals surface area contributed by atoms with Gasteiger partial charge in [-0.2, -0.15) is 0 Å². The average molecular weight is 322 g/mol. The number of anilines is 1. The Kier molecular flexibility index (Phi) is 5.23. The Bertz CT molecular complexity index is 532. The van der Waals surface area contributed by atoms with Gasteiger partial charge in [-0.1, -0.05) is 0 Å². The quantitative estimate of drug-likeness (QED) is 0.923. The molecule has 6 nitrogen and oxygen atoms in total. The number of rotatable bonds is 4. The number of carbonyl (C=O) groups is 1. The van der Waals surface area contributed by atoms with Crippen LogP contribution in [0.15, 0.2) is 18.2 Å². The van der Waals surface area contributed by atoms with Crippen LogP contribution < -0.4 is 14.8 Å². The highest BCUT2D eigenvalue weighted by Gasteiger charge is 2.29. The lowest BCUT2D eigenvalue weighted by atomic mass is 10.2. The van der Waals surface area contributed by atoms with Crippen molar-refractivity contribution < 1.29 is 19.0 Å². The zero-order valence-corrected chi connectivity index (χ0v) is 14.5. The van der Waals surface area contributed by atoms with Crippen LogP contribution in [0.4, 0.5) is 10.5 Å². The molecule has 6 heteroatoms. The Balaban J connectivity index is 1.96. The molecule has 0 aromatic heterocycles. The number of carbonyl (C=O) groups excluding carboxylic acids is 1. The van der Waals surface area contributed by atoms with Gasteiger partial charge >= 0.3 is 6.09 Å². The molecule has 1 N–H and O–H groups in total. The summed E-state index contributed by atoms with van der Waals surface area (Å²) < 4.78 is 16.0. The molecule has 23 heavy (non-hydrogen) atoms. The molecule has 0 radical (unpaired) electrons. The second-order valence-corrected chi connectivity index (χ2v) is 6.66. The van der Waals surface area contributed by atoms with Crippen molar-refractivity contribution in [1.82, 2.24) is 4.90 Å². The lowest BCUT2D eigenvalue weighted by Crippen LogP contribution is -2.36. The maximum Gasteiger partial charge on any atom is 0.410 e. The number of nitrogens with one attached hydrogen (secondary N) is 1. The standard InChI is InChI=1S/C17H26N2O4/c1-17(2,3)23-16(20)19-7-6-12(11-19)18-13-8-14(21-4)10-15(9-13)22-5/h8-10,12,18H,6-7,11H2,1-5H3. The molecule has 1 heterocycles. The summed E-state index contributed by atoms with van der Waals surface area (Å²) in [7, 11) is 3.25. The monoisotopic (exact) mass is 322 g/mol. The predicted octanol–water partition coefficient (Wildman–Crippen LogP) is 3.13. The van der Waals surface area contributed by atoms with E-state index in [0.717, 1.165) is 23.6 Å². The summed E-state index contributed by atoms with van der Waals surface area (Å²) in [5.74, 6) is 1.46. The fraction of sp³-hybridized carbons (Fsp3) is 0.588. The summed E-state index contributed by atoms with van der Waals surface area (Å²) in [5.41, 5.74) is 0.445. The van der Waals surface area contributed by atoms with Crippen molar-refractivity contribution >= 4 is 11.8 Å². The molecule has 1 aromatic rings. The van der Waals surface area contributed by atoms with E-state index in [0.29, 0.717) is 13.1 Å². The van der Waals surface area contributed by atoms with E-state index < -0.39 is 5.60 Å². The van der Waals surface area contributed by atoms with Crippen LogP contribution in [0.5, 0.6) is 11.5 Å². The van der Waals surface area contributed by atoms with Gasteiger partial charge in [-0.15, -0.1) is 0 Å². The Morgan fingerprint density at radius 2 is 1.78 bits per heavy atom. The van der Waals surface area contributed by atoms with Crippen molar-refractivity contribution in [1.29, 1.82) is 0 Å². The molecule has 0 aliphatic carbocycles. The lowest BCUT2D eigenvalue weighted by Gasteiger charge is -2.24. The molecule has 0 saturated carbocycles. The van der Waals surface area contributed by atoms with E-state index in [1.807, 2.05) is 39.0 Å². The fourth-order valence-electron chi connectivity index (χ4n) is 2.50. The molecule has 2 rings (SSSR count). The van der Waals surface area contributed by atoms with Crippen LogP contribution in [-0.4, -0.2) is 49.9 Å². The van der Waals surface area contributed by atoms with E-state index in [1.165, 1.54) is 0 Å². The molecule has 0 spiro atoms. The van der Waals surface area contributed by atoms with Crippen LogP contribution >= 0.6 is 0 Å². The van der Waals surface area contributed by atoms with Gasteiger partial charge in [-0.25, -0.2) is 4.79 Å². The van der Waals surface area contributed by atoms with Crippen LogP contribution in [0, 0.1) is 0 Å². The normalized spacial score (nSPS) is 17.8. The van der Waals surface area contributed by atoms with Crippen LogP contribution in [-0.2, 0) is 4.74 Å². The van der Waals surface area contributed by atoms with Crippen molar-refractivity contribution in [3.05, 3.63) is 18.2 Å². The third-order valence-electron chi connectivity index (χ3n) is 3.56. The first-order valence-corrected chi connectivity index (χ1v) is 7.78. The van der Waals surface area contributed by atoms with Gasteiger partial charge in [0.05, 0.1) is 14.2 Å².